The molecule has 0 N–H and O–H groups in total. The molecule has 4 nitrogen and oxygen atoms in total. The molecule has 0 aromatic carbocycles. The normalized spacial score (nSPS) is 27.1. The summed E-state index contributed by atoms with van der Waals surface area (Å²) in [4.78, 5) is 13.1. The molecule has 1 aromatic heterocycles. The van der Waals surface area contributed by atoms with E-state index in [0.29, 0.717) is 0 Å². The van der Waals surface area contributed by atoms with Crippen LogP contribution in [0, 0.1) is 5.92 Å². The smallest absolute Gasteiger partial charge is 0.226 e. The quantitative estimate of drug-likeness (QED) is 0.718. The van der Waals surface area contributed by atoms with Crippen molar-refractivity contribution in [2.24, 2.45) is 5.92 Å². The summed E-state index contributed by atoms with van der Waals surface area (Å²) in [6, 6.07) is 0. The average Bonchev–Trinajstić information content (AvgIpc) is 2.58. The van der Waals surface area contributed by atoms with Crippen LogP contribution in [-0.2, 0) is 0 Å². The number of hydrogen-bond acceptors (Lipinski definition) is 4. The summed E-state index contributed by atoms with van der Waals surface area (Å²) in [6.45, 7) is 4.20. The van der Waals surface area contributed by atoms with Crippen LogP contribution in [0.1, 0.15) is 19.3 Å². The number of aromatic nitrogens is 3. The zero-order valence-corrected chi connectivity index (χ0v) is 10.5. The lowest BCUT2D eigenvalue weighted by Gasteiger charge is -2.20. The zero-order valence-electron chi connectivity index (χ0n) is 8.94. The van der Waals surface area contributed by atoms with Crippen LogP contribution in [0.25, 0.3) is 0 Å². The van der Waals surface area contributed by atoms with Crippen molar-refractivity contribution in [2.45, 2.75) is 19.3 Å². The predicted molar refractivity (Wildman–Crippen MR) is 63.6 cm³/mol. The van der Waals surface area contributed by atoms with Crippen molar-refractivity contribution in [3.05, 3.63) is 16.9 Å². The van der Waals surface area contributed by atoms with Crippen LogP contribution in [0.5, 0.6) is 0 Å². The van der Waals surface area contributed by atoms with Crippen molar-refractivity contribution >= 4 is 23.2 Å². The van der Waals surface area contributed by atoms with Gasteiger partial charge in [0.1, 0.15) is 6.33 Å². The Bertz CT molecular complexity index is 316. The molecule has 2 atom stereocenters. The van der Waals surface area contributed by atoms with Gasteiger partial charge in [0, 0.05) is 6.54 Å². The zero-order chi connectivity index (χ0) is 11.4. The van der Waals surface area contributed by atoms with E-state index in [0.717, 1.165) is 5.92 Å². The van der Waals surface area contributed by atoms with Crippen molar-refractivity contribution in [3.8, 4) is 0 Å². The minimum absolute atomic E-state index is 0.116. The Kier molecular flexibility index (Phi) is 4.32. The molecular weight excluding hydrogens is 247 g/mol. The third-order valence-electron chi connectivity index (χ3n) is 2.97. The van der Waals surface area contributed by atoms with Crippen LogP contribution in [0.2, 0.25) is 10.6 Å². The fourth-order valence-corrected chi connectivity index (χ4v) is 2.50. The summed E-state index contributed by atoms with van der Waals surface area (Å²) in [5, 5.41) is 0.231. The molecule has 2 saturated heterocycles. The molecule has 0 radical (unpaired) electrons. The van der Waals surface area contributed by atoms with Gasteiger partial charge in [0.2, 0.25) is 10.6 Å². The van der Waals surface area contributed by atoms with Crippen molar-refractivity contribution in [1.82, 2.24) is 19.9 Å². The van der Waals surface area contributed by atoms with E-state index < -0.39 is 0 Å². The number of piperidine rings is 1. The topological polar surface area (TPSA) is 41.9 Å². The number of fused-ring (bicyclic) bond motifs is 2. The SMILES string of the molecule is C1CC2CCN(C1)C2.Clc1ncnc(Cl)n1. The lowest BCUT2D eigenvalue weighted by molar-refractivity contribution is 0.270. The fraction of sp³-hybridized carbons (Fsp3) is 0.700. The molecule has 0 amide bonds. The molecule has 6 heteroatoms. The van der Waals surface area contributed by atoms with Crippen LogP contribution >= 0.6 is 23.2 Å². The third-order valence-corrected chi connectivity index (χ3v) is 3.33. The van der Waals surface area contributed by atoms with Gasteiger partial charge in [0.25, 0.3) is 0 Å². The Morgan fingerprint density at radius 1 is 1.12 bits per heavy atom. The van der Waals surface area contributed by atoms with E-state index in [1.165, 1.54) is 45.2 Å². The van der Waals surface area contributed by atoms with Gasteiger partial charge in [0.15, 0.2) is 0 Å². The van der Waals surface area contributed by atoms with E-state index in [1.807, 2.05) is 0 Å². The first-order valence-electron chi connectivity index (χ1n) is 5.46. The summed E-state index contributed by atoms with van der Waals surface area (Å²) in [5.74, 6) is 1.09. The Hall–Kier alpha value is -0.450. The van der Waals surface area contributed by atoms with Crippen LogP contribution in [0.3, 0.4) is 0 Å². The Morgan fingerprint density at radius 3 is 2.38 bits per heavy atom. The first-order valence-corrected chi connectivity index (χ1v) is 6.22. The number of hydrogen-bond donors (Lipinski definition) is 0. The molecule has 2 bridgehead atoms. The molecule has 3 rings (SSSR count). The molecule has 0 aliphatic carbocycles. The van der Waals surface area contributed by atoms with Crippen molar-refractivity contribution < 1.29 is 0 Å². The lowest BCUT2D eigenvalue weighted by atomic mass is 10.0. The lowest BCUT2D eigenvalue weighted by Crippen LogP contribution is -2.25. The van der Waals surface area contributed by atoms with Crippen LogP contribution in [0.4, 0.5) is 0 Å². The van der Waals surface area contributed by atoms with Crippen molar-refractivity contribution in [3.63, 3.8) is 0 Å². The molecule has 16 heavy (non-hydrogen) atoms. The van der Waals surface area contributed by atoms with Gasteiger partial charge in [-0.15, -0.1) is 0 Å². The molecule has 0 spiro atoms. The number of nitrogens with zero attached hydrogens (tertiary/aromatic N) is 4. The van der Waals surface area contributed by atoms with E-state index in [1.54, 1.807) is 0 Å². The van der Waals surface area contributed by atoms with Crippen LogP contribution in [-0.4, -0.2) is 39.5 Å². The van der Waals surface area contributed by atoms with E-state index >= 15 is 0 Å². The maximum Gasteiger partial charge on any atom is 0.226 e. The highest BCUT2D eigenvalue weighted by Crippen LogP contribution is 2.25. The summed E-state index contributed by atoms with van der Waals surface area (Å²) in [7, 11) is 0. The van der Waals surface area contributed by atoms with Gasteiger partial charge in [-0.1, -0.05) is 0 Å². The monoisotopic (exact) mass is 260 g/mol. The number of halogens is 2. The fourth-order valence-electron chi connectivity index (χ4n) is 2.21. The van der Waals surface area contributed by atoms with Gasteiger partial charge < -0.3 is 4.90 Å². The first kappa shape index (κ1) is 12.0. The van der Waals surface area contributed by atoms with Crippen LogP contribution < -0.4 is 0 Å². The van der Waals surface area contributed by atoms with Gasteiger partial charge >= 0.3 is 0 Å². The highest BCUT2D eigenvalue weighted by Gasteiger charge is 2.25. The van der Waals surface area contributed by atoms with Gasteiger partial charge in [-0.25, -0.2) is 9.97 Å². The first-order chi connectivity index (χ1) is 7.74. The molecule has 88 valence electrons. The van der Waals surface area contributed by atoms with E-state index in [2.05, 4.69) is 19.9 Å². The molecule has 2 unspecified atom stereocenters. The summed E-state index contributed by atoms with van der Waals surface area (Å²) in [5.41, 5.74) is 0. The maximum atomic E-state index is 5.30. The summed E-state index contributed by atoms with van der Waals surface area (Å²) >= 11 is 10.6. The van der Waals surface area contributed by atoms with Gasteiger partial charge in [-0.05, 0) is 61.5 Å². The van der Waals surface area contributed by atoms with E-state index in [9.17, 15) is 0 Å². The predicted octanol–water partition coefficient (Wildman–Crippen LogP) is 2.28. The maximum absolute atomic E-state index is 5.30. The molecule has 1 aromatic rings. The van der Waals surface area contributed by atoms with Crippen LogP contribution in [0.15, 0.2) is 6.33 Å². The molecule has 2 aliphatic heterocycles. The molecule has 2 aliphatic rings. The standard InChI is InChI=1S/C7H13N.C3HCl2N3/c1-2-7-3-5-8(4-1)6-7;4-2-6-1-7-3(5)8-2/h7H,1-6H2;1H. The molecule has 2 fully saturated rings. The minimum atomic E-state index is 0.116. The molecule has 0 saturated carbocycles. The largest absolute Gasteiger partial charge is 0.303 e. The van der Waals surface area contributed by atoms with Crippen molar-refractivity contribution in [1.29, 1.82) is 0 Å². The Balaban J connectivity index is 0.000000120. The molecule has 3 heterocycles. The second-order valence-electron chi connectivity index (χ2n) is 4.12. The Labute approximate surface area is 105 Å². The molecular formula is C10H14Cl2N4. The van der Waals surface area contributed by atoms with Gasteiger partial charge in [-0.3, -0.25) is 0 Å². The average molecular weight is 261 g/mol. The Morgan fingerprint density at radius 2 is 1.88 bits per heavy atom. The van der Waals surface area contributed by atoms with Gasteiger partial charge in [0.05, 0.1) is 0 Å². The summed E-state index contributed by atoms with van der Waals surface area (Å²) < 4.78 is 0. The summed E-state index contributed by atoms with van der Waals surface area (Å²) in [6.07, 6.45) is 5.71. The van der Waals surface area contributed by atoms with E-state index in [-0.39, 0.29) is 10.6 Å². The number of rotatable bonds is 0. The van der Waals surface area contributed by atoms with E-state index in [4.69, 9.17) is 23.2 Å². The second kappa shape index (κ2) is 5.75. The van der Waals surface area contributed by atoms with Crippen molar-refractivity contribution in [2.75, 3.05) is 19.6 Å². The minimum Gasteiger partial charge on any atom is -0.303 e. The third kappa shape index (κ3) is 3.54. The van der Waals surface area contributed by atoms with Gasteiger partial charge in [-0.2, -0.15) is 4.98 Å². The second-order valence-corrected chi connectivity index (χ2v) is 4.80. The highest BCUT2D eigenvalue weighted by molar-refractivity contribution is 6.30. The highest BCUT2D eigenvalue weighted by atomic mass is 35.5.